The highest BCUT2D eigenvalue weighted by Gasteiger charge is 2.18. The third kappa shape index (κ3) is 5.03. The smallest absolute Gasteiger partial charge is 0.230 e. The number of rotatable bonds is 7. The molecule has 0 aliphatic rings. The lowest BCUT2D eigenvalue weighted by molar-refractivity contribution is -0.119. The molecule has 0 spiro atoms. The van der Waals surface area contributed by atoms with Crippen molar-refractivity contribution in [2.24, 2.45) is 5.92 Å². The number of nitrogens with one attached hydrogen (secondary N) is 1. The molecule has 1 N–H and O–H groups in total. The topological polar surface area (TPSA) is 38.3 Å². The van der Waals surface area contributed by atoms with Gasteiger partial charge in [-0.05, 0) is 42.2 Å². The number of methoxy groups -OCH3 is 1. The van der Waals surface area contributed by atoms with Crippen LogP contribution in [-0.2, 0) is 4.79 Å². The molecule has 2 rings (SSSR count). The Balaban J connectivity index is 1.99. The Morgan fingerprint density at radius 2 is 1.79 bits per heavy atom. The van der Waals surface area contributed by atoms with Gasteiger partial charge in [0.05, 0.1) is 18.9 Å². The van der Waals surface area contributed by atoms with Crippen molar-refractivity contribution < 1.29 is 9.53 Å². The van der Waals surface area contributed by atoms with Gasteiger partial charge in [-0.25, -0.2) is 0 Å². The first kappa shape index (κ1) is 18.4. The highest BCUT2D eigenvalue weighted by atomic mass is 32.2. The molecule has 2 aromatic rings. The second kappa shape index (κ2) is 8.78. The molecule has 0 bridgehead atoms. The van der Waals surface area contributed by atoms with Crippen LogP contribution < -0.4 is 10.1 Å². The molecule has 0 aliphatic carbocycles. The van der Waals surface area contributed by atoms with Crippen molar-refractivity contribution in [3.8, 4) is 5.75 Å². The summed E-state index contributed by atoms with van der Waals surface area (Å²) in [5.41, 5.74) is 2.30. The van der Waals surface area contributed by atoms with Crippen molar-refractivity contribution in [3.05, 3.63) is 59.7 Å². The molecule has 0 aliphatic heterocycles. The van der Waals surface area contributed by atoms with Crippen LogP contribution >= 0.6 is 11.8 Å². The van der Waals surface area contributed by atoms with Crippen LogP contribution in [0.4, 0.5) is 0 Å². The quantitative estimate of drug-likeness (QED) is 0.746. The number of benzene rings is 2. The molecule has 1 unspecified atom stereocenters. The zero-order valence-electron chi connectivity index (χ0n) is 14.7. The van der Waals surface area contributed by atoms with E-state index in [0.717, 1.165) is 16.2 Å². The fourth-order valence-electron chi connectivity index (χ4n) is 2.52. The van der Waals surface area contributed by atoms with Crippen molar-refractivity contribution in [1.82, 2.24) is 5.32 Å². The SMILES string of the molecule is COc1ccc(C(NC(=O)CSc2ccccc2C)C(C)C)cc1. The van der Waals surface area contributed by atoms with Gasteiger partial charge in [0.15, 0.2) is 0 Å². The highest BCUT2D eigenvalue weighted by Crippen LogP contribution is 2.25. The van der Waals surface area contributed by atoms with Crippen LogP contribution in [0.5, 0.6) is 5.75 Å². The van der Waals surface area contributed by atoms with Crippen LogP contribution in [0.3, 0.4) is 0 Å². The first-order valence-corrected chi connectivity index (χ1v) is 9.11. The number of amides is 1. The van der Waals surface area contributed by atoms with Gasteiger partial charge in [-0.3, -0.25) is 4.79 Å². The van der Waals surface area contributed by atoms with Gasteiger partial charge in [0.2, 0.25) is 5.91 Å². The van der Waals surface area contributed by atoms with Crippen LogP contribution in [0.1, 0.15) is 31.0 Å². The molecular formula is C20H25NO2S. The lowest BCUT2D eigenvalue weighted by atomic mass is 9.96. The van der Waals surface area contributed by atoms with Crippen LogP contribution in [0.2, 0.25) is 0 Å². The van der Waals surface area contributed by atoms with Crippen molar-refractivity contribution in [2.75, 3.05) is 12.9 Å². The molecule has 0 saturated heterocycles. The third-order valence-electron chi connectivity index (χ3n) is 3.91. The maximum Gasteiger partial charge on any atom is 0.230 e. The molecule has 0 saturated carbocycles. The zero-order chi connectivity index (χ0) is 17.5. The van der Waals surface area contributed by atoms with Crippen LogP contribution in [0.15, 0.2) is 53.4 Å². The van der Waals surface area contributed by atoms with Gasteiger partial charge in [0.25, 0.3) is 0 Å². The second-order valence-corrected chi connectivity index (χ2v) is 7.13. The number of hydrogen-bond acceptors (Lipinski definition) is 3. The van der Waals surface area contributed by atoms with E-state index in [1.165, 1.54) is 5.56 Å². The summed E-state index contributed by atoms with van der Waals surface area (Å²) in [6.07, 6.45) is 0. The molecule has 24 heavy (non-hydrogen) atoms. The van der Waals surface area contributed by atoms with Crippen LogP contribution in [0.25, 0.3) is 0 Å². The van der Waals surface area contributed by atoms with E-state index in [0.29, 0.717) is 11.7 Å². The first-order valence-electron chi connectivity index (χ1n) is 8.13. The summed E-state index contributed by atoms with van der Waals surface area (Å²) >= 11 is 1.58. The summed E-state index contributed by atoms with van der Waals surface area (Å²) in [4.78, 5) is 13.5. The standard InChI is InChI=1S/C20H25NO2S/c1-14(2)20(16-9-11-17(23-4)12-10-16)21-19(22)13-24-18-8-6-5-7-15(18)3/h5-12,14,20H,13H2,1-4H3,(H,21,22). The molecule has 0 radical (unpaired) electrons. The maximum atomic E-state index is 12.4. The minimum Gasteiger partial charge on any atom is -0.497 e. The summed E-state index contributed by atoms with van der Waals surface area (Å²) in [6.45, 7) is 6.29. The van der Waals surface area contributed by atoms with Gasteiger partial charge in [0, 0.05) is 4.90 Å². The van der Waals surface area contributed by atoms with Crippen molar-refractivity contribution in [3.63, 3.8) is 0 Å². The predicted molar refractivity (Wildman–Crippen MR) is 101 cm³/mol. The van der Waals surface area contributed by atoms with Crippen molar-refractivity contribution >= 4 is 17.7 Å². The summed E-state index contributed by atoms with van der Waals surface area (Å²) in [5, 5.41) is 3.16. The fourth-order valence-corrected chi connectivity index (χ4v) is 3.36. The lowest BCUT2D eigenvalue weighted by Crippen LogP contribution is -2.33. The number of carbonyl (C=O) groups is 1. The van der Waals surface area contributed by atoms with Gasteiger partial charge >= 0.3 is 0 Å². The van der Waals surface area contributed by atoms with Crippen molar-refractivity contribution in [2.45, 2.75) is 31.7 Å². The maximum absolute atomic E-state index is 12.4. The third-order valence-corrected chi connectivity index (χ3v) is 5.09. The Morgan fingerprint density at radius 1 is 1.12 bits per heavy atom. The van der Waals surface area contributed by atoms with E-state index in [9.17, 15) is 4.79 Å². The number of aryl methyl sites for hydroxylation is 1. The zero-order valence-corrected chi connectivity index (χ0v) is 15.5. The van der Waals surface area contributed by atoms with E-state index >= 15 is 0 Å². The van der Waals surface area contributed by atoms with E-state index in [2.05, 4.69) is 38.2 Å². The predicted octanol–water partition coefficient (Wildman–Crippen LogP) is 4.61. The summed E-state index contributed by atoms with van der Waals surface area (Å²) in [6, 6.07) is 16.0. The Kier molecular flexibility index (Phi) is 6.73. The Labute approximate surface area is 148 Å². The molecule has 4 heteroatoms. The largest absolute Gasteiger partial charge is 0.497 e. The van der Waals surface area contributed by atoms with E-state index in [1.54, 1.807) is 18.9 Å². The van der Waals surface area contributed by atoms with Gasteiger partial charge in [-0.2, -0.15) is 0 Å². The number of hydrogen-bond donors (Lipinski definition) is 1. The highest BCUT2D eigenvalue weighted by molar-refractivity contribution is 8.00. The van der Waals surface area contributed by atoms with Gasteiger partial charge < -0.3 is 10.1 Å². The van der Waals surface area contributed by atoms with Gasteiger partial charge in [-0.1, -0.05) is 44.2 Å². The normalized spacial score (nSPS) is 12.0. The molecule has 1 amide bonds. The Morgan fingerprint density at radius 3 is 2.38 bits per heavy atom. The van der Waals surface area contributed by atoms with E-state index < -0.39 is 0 Å². The molecule has 0 aromatic heterocycles. The average Bonchev–Trinajstić information content (AvgIpc) is 2.59. The fraction of sp³-hybridized carbons (Fsp3) is 0.350. The molecule has 1 atom stereocenters. The minimum atomic E-state index is 0.000811. The number of carbonyl (C=O) groups excluding carboxylic acids is 1. The lowest BCUT2D eigenvalue weighted by Gasteiger charge is -2.23. The molecule has 0 fully saturated rings. The van der Waals surface area contributed by atoms with E-state index in [-0.39, 0.29) is 11.9 Å². The monoisotopic (exact) mass is 343 g/mol. The van der Waals surface area contributed by atoms with E-state index in [4.69, 9.17) is 4.74 Å². The molecule has 128 valence electrons. The van der Waals surface area contributed by atoms with Gasteiger partial charge in [-0.15, -0.1) is 11.8 Å². The van der Waals surface area contributed by atoms with E-state index in [1.807, 2.05) is 36.4 Å². The minimum absolute atomic E-state index is 0.000811. The average molecular weight is 343 g/mol. The Hall–Kier alpha value is -1.94. The summed E-state index contributed by atoms with van der Waals surface area (Å²) < 4.78 is 5.20. The molecular weight excluding hydrogens is 318 g/mol. The van der Waals surface area contributed by atoms with Gasteiger partial charge in [0.1, 0.15) is 5.75 Å². The Bertz CT molecular complexity index is 668. The summed E-state index contributed by atoms with van der Waals surface area (Å²) in [7, 11) is 1.65. The van der Waals surface area contributed by atoms with Crippen molar-refractivity contribution in [1.29, 1.82) is 0 Å². The second-order valence-electron chi connectivity index (χ2n) is 6.12. The first-order chi connectivity index (χ1) is 11.5. The summed E-state index contributed by atoms with van der Waals surface area (Å²) in [5.74, 6) is 1.61. The van der Waals surface area contributed by atoms with Crippen LogP contribution in [0, 0.1) is 12.8 Å². The number of thioether (sulfide) groups is 1. The molecule has 2 aromatic carbocycles. The molecule has 0 heterocycles. The van der Waals surface area contributed by atoms with Crippen LogP contribution in [-0.4, -0.2) is 18.8 Å². The molecule has 3 nitrogen and oxygen atoms in total. The number of ether oxygens (including phenoxy) is 1.